The van der Waals surface area contributed by atoms with Crippen LogP contribution in [0.1, 0.15) is 26.2 Å². The monoisotopic (exact) mass is 398 g/mol. The van der Waals surface area contributed by atoms with Gasteiger partial charge in [-0.2, -0.15) is 0 Å². The first-order chi connectivity index (χ1) is 13.5. The highest BCUT2D eigenvalue weighted by Gasteiger charge is 2.50. The van der Waals surface area contributed by atoms with Crippen LogP contribution in [0.15, 0.2) is 47.4 Å². The molecule has 1 fully saturated rings. The van der Waals surface area contributed by atoms with Crippen LogP contribution in [0.4, 0.5) is 0 Å². The Morgan fingerprint density at radius 3 is 3.04 bits per heavy atom. The number of allylic oxidation sites excluding steroid dienone is 3. The minimum atomic E-state index is -3.81. The second-order valence-electron chi connectivity index (χ2n) is 7.69. The molecular formula is C19H22N6O2S. The predicted octanol–water partition coefficient (Wildman–Crippen LogP) is 2.02. The summed E-state index contributed by atoms with van der Waals surface area (Å²) in [5.41, 5.74) is 2.55. The molecule has 1 unspecified atom stereocenters. The molecule has 8 nitrogen and oxygen atoms in total. The summed E-state index contributed by atoms with van der Waals surface area (Å²) >= 11 is 0. The molecule has 1 aliphatic carbocycles. The van der Waals surface area contributed by atoms with Crippen molar-refractivity contribution in [2.75, 3.05) is 13.1 Å². The van der Waals surface area contributed by atoms with Crippen molar-refractivity contribution in [2.24, 2.45) is 5.92 Å². The van der Waals surface area contributed by atoms with Crippen molar-refractivity contribution in [3.63, 3.8) is 0 Å². The van der Waals surface area contributed by atoms with Crippen LogP contribution >= 0.6 is 0 Å². The average Bonchev–Trinajstić information content (AvgIpc) is 3.42. The molecule has 146 valence electrons. The molecule has 0 bridgehead atoms. The minimum Gasteiger partial charge on any atom is -0.345 e. The van der Waals surface area contributed by atoms with E-state index in [2.05, 4.69) is 25.5 Å². The quantitative estimate of drug-likeness (QED) is 0.697. The van der Waals surface area contributed by atoms with E-state index in [1.54, 1.807) is 22.9 Å². The summed E-state index contributed by atoms with van der Waals surface area (Å²) in [5, 5.41) is 11.6. The van der Waals surface area contributed by atoms with Gasteiger partial charge < -0.3 is 10.3 Å². The van der Waals surface area contributed by atoms with E-state index in [9.17, 15) is 8.42 Å². The fourth-order valence-corrected chi connectivity index (χ4v) is 6.71. The Morgan fingerprint density at radius 1 is 1.36 bits per heavy atom. The van der Waals surface area contributed by atoms with Gasteiger partial charge in [-0.15, -0.1) is 10.2 Å². The van der Waals surface area contributed by atoms with E-state index in [1.807, 2.05) is 25.2 Å². The maximum atomic E-state index is 14.1. The molecule has 28 heavy (non-hydrogen) atoms. The topological polar surface area (TPSA) is 105 Å². The maximum absolute atomic E-state index is 14.1. The largest absolute Gasteiger partial charge is 0.345 e. The normalized spacial score (nSPS) is 25.6. The molecule has 2 N–H and O–H groups in total. The molecular weight excluding hydrogens is 376 g/mol. The third kappa shape index (κ3) is 2.39. The molecule has 5 rings (SSSR count). The maximum Gasteiger partial charge on any atom is 0.255 e. The highest BCUT2D eigenvalue weighted by Crippen LogP contribution is 2.43. The lowest BCUT2D eigenvalue weighted by atomic mass is 9.83. The summed E-state index contributed by atoms with van der Waals surface area (Å²) < 4.78 is 28.8. The van der Waals surface area contributed by atoms with E-state index in [0.29, 0.717) is 35.6 Å². The van der Waals surface area contributed by atoms with E-state index in [0.717, 1.165) is 25.1 Å². The van der Waals surface area contributed by atoms with E-state index in [4.69, 9.17) is 0 Å². The molecule has 2 atom stereocenters. The number of rotatable bonds is 4. The molecule has 0 amide bonds. The second-order valence-corrected chi connectivity index (χ2v) is 9.84. The lowest BCUT2D eigenvalue weighted by Gasteiger charge is -2.36. The molecule has 0 spiro atoms. The number of aromatic amines is 1. The lowest BCUT2D eigenvalue weighted by Crippen LogP contribution is -2.43. The smallest absolute Gasteiger partial charge is 0.255 e. The van der Waals surface area contributed by atoms with Crippen molar-refractivity contribution in [2.45, 2.75) is 36.1 Å². The number of fused-ring (bicyclic) bond motifs is 3. The summed E-state index contributed by atoms with van der Waals surface area (Å²) in [7, 11) is -3.81. The highest BCUT2D eigenvalue weighted by atomic mass is 32.2. The lowest BCUT2D eigenvalue weighted by molar-refractivity contribution is 0.429. The first-order valence-electron chi connectivity index (χ1n) is 9.49. The van der Waals surface area contributed by atoms with Gasteiger partial charge in [-0.05, 0) is 51.3 Å². The van der Waals surface area contributed by atoms with Gasteiger partial charge in [0.1, 0.15) is 4.75 Å². The molecule has 1 aliphatic heterocycles. The average molecular weight is 398 g/mol. The summed E-state index contributed by atoms with van der Waals surface area (Å²) in [6.45, 7) is 3.70. The number of hydrogen-bond donors (Lipinski definition) is 2. The van der Waals surface area contributed by atoms with Crippen LogP contribution in [-0.4, -0.2) is 50.8 Å². The van der Waals surface area contributed by atoms with Gasteiger partial charge in [0.25, 0.3) is 5.16 Å². The van der Waals surface area contributed by atoms with E-state index < -0.39 is 14.6 Å². The van der Waals surface area contributed by atoms with Crippen LogP contribution in [0.5, 0.6) is 0 Å². The standard InChI is InChI=1S/C19H22N6O2S/c1-13-4-2-3-7-19(13,10-14-5-8-20-11-14)28(26,27)18-24-23-16-12-22-17-15(25(16)18)6-9-21-17/h2-4,6,9,12,14,20-21H,5,7-8,10-11H2,1H3/t14?,19-/m0/s1. The Kier molecular flexibility index (Phi) is 3.92. The molecule has 1 saturated heterocycles. The summed E-state index contributed by atoms with van der Waals surface area (Å²) in [6.07, 6.45) is 11.1. The Morgan fingerprint density at radius 2 is 2.25 bits per heavy atom. The van der Waals surface area contributed by atoms with Crippen LogP contribution in [0.3, 0.4) is 0 Å². The van der Waals surface area contributed by atoms with E-state index in [-0.39, 0.29) is 5.16 Å². The Bertz CT molecular complexity index is 1220. The first-order valence-corrected chi connectivity index (χ1v) is 11.0. The van der Waals surface area contributed by atoms with Gasteiger partial charge in [-0.3, -0.25) is 4.40 Å². The van der Waals surface area contributed by atoms with Gasteiger partial charge in [0, 0.05) is 6.20 Å². The minimum absolute atomic E-state index is 0.0106. The molecule has 0 saturated carbocycles. The number of hydrogen-bond acceptors (Lipinski definition) is 6. The predicted molar refractivity (Wildman–Crippen MR) is 106 cm³/mol. The van der Waals surface area contributed by atoms with Crippen molar-refractivity contribution in [1.82, 2.24) is 29.9 Å². The van der Waals surface area contributed by atoms with Gasteiger partial charge >= 0.3 is 0 Å². The van der Waals surface area contributed by atoms with Gasteiger partial charge in [-0.1, -0.05) is 23.8 Å². The molecule has 9 heteroatoms. The van der Waals surface area contributed by atoms with Gasteiger partial charge in [-0.25, -0.2) is 13.4 Å². The van der Waals surface area contributed by atoms with Crippen molar-refractivity contribution in [3.05, 3.63) is 42.3 Å². The molecule has 0 aromatic carbocycles. The van der Waals surface area contributed by atoms with Crippen LogP contribution in [0.2, 0.25) is 0 Å². The van der Waals surface area contributed by atoms with Crippen molar-refractivity contribution < 1.29 is 8.42 Å². The molecule has 3 aromatic rings. The van der Waals surface area contributed by atoms with Gasteiger partial charge in [0.2, 0.25) is 9.84 Å². The summed E-state index contributed by atoms with van der Waals surface area (Å²) in [4.78, 5) is 7.31. The van der Waals surface area contributed by atoms with E-state index in [1.165, 1.54) is 0 Å². The third-order valence-corrected chi connectivity index (χ3v) is 8.53. The van der Waals surface area contributed by atoms with Gasteiger partial charge in [0.15, 0.2) is 11.3 Å². The molecule has 2 aliphatic rings. The number of sulfone groups is 1. The zero-order valence-corrected chi connectivity index (χ0v) is 16.4. The summed E-state index contributed by atoms with van der Waals surface area (Å²) in [6, 6.07) is 1.80. The summed E-state index contributed by atoms with van der Waals surface area (Å²) in [5.74, 6) is 0.317. The zero-order chi connectivity index (χ0) is 19.4. The van der Waals surface area contributed by atoms with Crippen LogP contribution in [0.25, 0.3) is 16.8 Å². The fourth-order valence-electron chi connectivity index (χ4n) is 4.51. The van der Waals surface area contributed by atoms with E-state index >= 15 is 0 Å². The third-order valence-electron chi connectivity index (χ3n) is 6.10. The number of nitrogens with one attached hydrogen (secondary N) is 2. The highest BCUT2D eigenvalue weighted by molar-refractivity contribution is 7.92. The molecule has 4 heterocycles. The van der Waals surface area contributed by atoms with Crippen molar-refractivity contribution in [1.29, 1.82) is 0 Å². The van der Waals surface area contributed by atoms with Crippen molar-refractivity contribution >= 4 is 26.6 Å². The van der Waals surface area contributed by atoms with Gasteiger partial charge in [0.05, 0.1) is 11.7 Å². The number of H-pyrrole nitrogens is 1. The first kappa shape index (κ1) is 17.6. The van der Waals surface area contributed by atoms with Crippen LogP contribution in [-0.2, 0) is 9.84 Å². The Labute approximate surface area is 162 Å². The fraction of sp³-hybridized carbons (Fsp3) is 0.421. The van der Waals surface area contributed by atoms with Crippen LogP contribution < -0.4 is 5.32 Å². The Balaban J connectivity index is 1.73. The number of aromatic nitrogens is 5. The molecule has 3 aromatic heterocycles. The SMILES string of the molecule is CC1=CC=CC[C@@]1(CC1CCNC1)S(=O)(=O)c1nnc2cnc3[nH]ccc3n12. The zero-order valence-electron chi connectivity index (χ0n) is 15.6. The van der Waals surface area contributed by atoms with Crippen LogP contribution in [0, 0.1) is 5.92 Å². The van der Waals surface area contributed by atoms with Crippen molar-refractivity contribution in [3.8, 4) is 0 Å². The molecule has 0 radical (unpaired) electrons. The Hall–Kier alpha value is -2.52. The second kappa shape index (κ2) is 6.25. The number of nitrogens with zero attached hydrogens (tertiary/aromatic N) is 4.